The SMILES string of the molecule is CC1(CNCC2Cc3ccccc3S2)COC1. The second kappa shape index (κ2) is 4.63. The number of ether oxygens (including phenoxy) is 1. The average molecular weight is 249 g/mol. The molecule has 0 aliphatic carbocycles. The van der Waals surface area contributed by atoms with Crippen LogP contribution < -0.4 is 5.32 Å². The van der Waals surface area contributed by atoms with Crippen LogP contribution in [0.15, 0.2) is 29.2 Å². The average Bonchev–Trinajstić information content (AvgIpc) is 2.69. The van der Waals surface area contributed by atoms with Gasteiger partial charge in [0.1, 0.15) is 0 Å². The van der Waals surface area contributed by atoms with E-state index in [1.165, 1.54) is 16.9 Å². The summed E-state index contributed by atoms with van der Waals surface area (Å²) in [4.78, 5) is 1.47. The third-order valence-corrected chi connectivity index (χ3v) is 4.86. The van der Waals surface area contributed by atoms with Crippen LogP contribution in [0.1, 0.15) is 12.5 Å². The molecule has 1 atom stereocenters. The highest BCUT2D eigenvalue weighted by molar-refractivity contribution is 8.00. The molecule has 0 radical (unpaired) electrons. The number of thioether (sulfide) groups is 1. The Balaban J connectivity index is 1.46. The molecule has 2 aliphatic rings. The van der Waals surface area contributed by atoms with Crippen LogP contribution in [0.3, 0.4) is 0 Å². The molecule has 2 nitrogen and oxygen atoms in total. The summed E-state index contributed by atoms with van der Waals surface area (Å²) in [6, 6.07) is 8.76. The number of nitrogens with one attached hydrogen (secondary N) is 1. The molecule has 3 heteroatoms. The Morgan fingerprint density at radius 1 is 1.41 bits per heavy atom. The van der Waals surface area contributed by atoms with E-state index >= 15 is 0 Å². The third kappa shape index (κ3) is 2.51. The highest BCUT2D eigenvalue weighted by Gasteiger charge is 2.33. The van der Waals surface area contributed by atoms with Crippen LogP contribution in [0.2, 0.25) is 0 Å². The molecule has 1 unspecified atom stereocenters. The number of hydrogen-bond donors (Lipinski definition) is 1. The third-order valence-electron chi connectivity index (χ3n) is 3.54. The molecule has 1 saturated heterocycles. The van der Waals surface area contributed by atoms with Gasteiger partial charge in [-0.2, -0.15) is 0 Å². The fourth-order valence-corrected chi connectivity index (χ4v) is 3.74. The zero-order chi connectivity index (χ0) is 11.7. The van der Waals surface area contributed by atoms with E-state index in [-0.39, 0.29) is 0 Å². The summed E-state index contributed by atoms with van der Waals surface area (Å²) in [7, 11) is 0. The number of rotatable bonds is 4. The molecular weight excluding hydrogens is 230 g/mol. The molecule has 0 spiro atoms. The van der Waals surface area contributed by atoms with Crippen molar-refractivity contribution in [3.05, 3.63) is 29.8 Å². The Hall–Kier alpha value is -0.510. The number of fused-ring (bicyclic) bond motifs is 1. The first-order valence-corrected chi connectivity index (χ1v) is 7.16. The maximum absolute atomic E-state index is 5.27. The van der Waals surface area contributed by atoms with Crippen LogP contribution in [0.4, 0.5) is 0 Å². The smallest absolute Gasteiger partial charge is 0.0554 e. The van der Waals surface area contributed by atoms with Gasteiger partial charge in [0.05, 0.1) is 13.2 Å². The minimum atomic E-state index is 0.385. The minimum Gasteiger partial charge on any atom is -0.380 e. The van der Waals surface area contributed by atoms with Crippen molar-refractivity contribution in [3.8, 4) is 0 Å². The Labute approximate surface area is 107 Å². The van der Waals surface area contributed by atoms with Gasteiger partial charge in [-0.25, -0.2) is 0 Å². The van der Waals surface area contributed by atoms with Gasteiger partial charge in [-0.3, -0.25) is 0 Å². The van der Waals surface area contributed by atoms with Crippen LogP contribution in [0.5, 0.6) is 0 Å². The van der Waals surface area contributed by atoms with E-state index in [0.717, 1.165) is 26.3 Å². The molecular formula is C14H19NOS. The molecule has 17 heavy (non-hydrogen) atoms. The molecule has 92 valence electrons. The molecule has 0 bridgehead atoms. The fourth-order valence-electron chi connectivity index (χ4n) is 2.46. The van der Waals surface area contributed by atoms with Gasteiger partial charge in [-0.05, 0) is 18.1 Å². The van der Waals surface area contributed by atoms with Crippen molar-refractivity contribution in [3.63, 3.8) is 0 Å². The minimum absolute atomic E-state index is 0.385. The van der Waals surface area contributed by atoms with Gasteiger partial charge in [0, 0.05) is 28.6 Å². The summed E-state index contributed by atoms with van der Waals surface area (Å²) in [6.45, 7) is 6.31. The highest BCUT2D eigenvalue weighted by Crippen LogP contribution is 2.36. The zero-order valence-electron chi connectivity index (χ0n) is 10.2. The van der Waals surface area contributed by atoms with Crippen molar-refractivity contribution in [2.75, 3.05) is 26.3 Å². The summed E-state index contributed by atoms with van der Waals surface area (Å²) in [5, 5.41) is 4.31. The van der Waals surface area contributed by atoms with Crippen molar-refractivity contribution in [2.45, 2.75) is 23.5 Å². The zero-order valence-corrected chi connectivity index (χ0v) is 11.1. The molecule has 1 aromatic carbocycles. The van der Waals surface area contributed by atoms with E-state index in [4.69, 9.17) is 4.74 Å². The fraction of sp³-hybridized carbons (Fsp3) is 0.571. The normalized spacial score (nSPS) is 25.4. The maximum atomic E-state index is 5.27. The van der Waals surface area contributed by atoms with Crippen molar-refractivity contribution < 1.29 is 4.74 Å². The lowest BCUT2D eigenvalue weighted by Gasteiger charge is -2.38. The van der Waals surface area contributed by atoms with Crippen LogP contribution in [-0.4, -0.2) is 31.6 Å². The van der Waals surface area contributed by atoms with Gasteiger partial charge in [0.25, 0.3) is 0 Å². The molecule has 0 saturated carbocycles. The Morgan fingerprint density at radius 3 is 2.94 bits per heavy atom. The lowest BCUT2D eigenvalue weighted by Crippen LogP contribution is -2.48. The van der Waals surface area contributed by atoms with Gasteiger partial charge in [-0.15, -0.1) is 11.8 Å². The van der Waals surface area contributed by atoms with E-state index in [0.29, 0.717) is 10.7 Å². The lowest BCUT2D eigenvalue weighted by atomic mass is 9.89. The molecule has 1 fully saturated rings. The van der Waals surface area contributed by atoms with Gasteiger partial charge in [0.15, 0.2) is 0 Å². The molecule has 1 aromatic rings. The Bertz CT molecular complexity index is 378. The number of hydrogen-bond acceptors (Lipinski definition) is 3. The van der Waals surface area contributed by atoms with Crippen LogP contribution in [0, 0.1) is 5.41 Å². The van der Waals surface area contributed by atoms with Crippen molar-refractivity contribution in [1.29, 1.82) is 0 Å². The molecule has 2 heterocycles. The first kappa shape index (κ1) is 11.6. The van der Waals surface area contributed by atoms with E-state index in [1.54, 1.807) is 0 Å². The van der Waals surface area contributed by atoms with Gasteiger partial charge in [0.2, 0.25) is 0 Å². The maximum Gasteiger partial charge on any atom is 0.0554 e. The Morgan fingerprint density at radius 2 is 2.24 bits per heavy atom. The van der Waals surface area contributed by atoms with Crippen LogP contribution >= 0.6 is 11.8 Å². The second-order valence-corrected chi connectivity index (χ2v) is 6.83. The van der Waals surface area contributed by atoms with Gasteiger partial charge in [-0.1, -0.05) is 25.1 Å². The number of benzene rings is 1. The summed E-state index contributed by atoms with van der Waals surface area (Å²) in [6.07, 6.45) is 1.21. The molecule has 3 rings (SSSR count). The summed E-state index contributed by atoms with van der Waals surface area (Å²) >= 11 is 2.02. The summed E-state index contributed by atoms with van der Waals surface area (Å²) in [5.74, 6) is 0. The predicted molar refractivity (Wildman–Crippen MR) is 71.6 cm³/mol. The van der Waals surface area contributed by atoms with Crippen molar-refractivity contribution >= 4 is 11.8 Å². The molecule has 2 aliphatic heterocycles. The summed E-state index contributed by atoms with van der Waals surface area (Å²) in [5.41, 5.74) is 1.90. The topological polar surface area (TPSA) is 21.3 Å². The lowest BCUT2D eigenvalue weighted by molar-refractivity contribution is -0.0988. The Kier molecular flexibility index (Phi) is 3.16. The quantitative estimate of drug-likeness (QED) is 0.885. The van der Waals surface area contributed by atoms with E-state index in [2.05, 4.69) is 36.5 Å². The first-order chi connectivity index (χ1) is 8.25. The van der Waals surface area contributed by atoms with Crippen molar-refractivity contribution in [2.24, 2.45) is 5.41 Å². The van der Waals surface area contributed by atoms with Crippen molar-refractivity contribution in [1.82, 2.24) is 5.32 Å². The largest absolute Gasteiger partial charge is 0.380 e. The van der Waals surface area contributed by atoms with Crippen LogP contribution in [-0.2, 0) is 11.2 Å². The van der Waals surface area contributed by atoms with E-state index in [9.17, 15) is 0 Å². The van der Waals surface area contributed by atoms with E-state index in [1.807, 2.05) is 11.8 Å². The first-order valence-electron chi connectivity index (χ1n) is 6.28. The highest BCUT2D eigenvalue weighted by atomic mass is 32.2. The monoisotopic (exact) mass is 249 g/mol. The predicted octanol–water partition coefficient (Wildman–Crippen LogP) is 2.33. The molecule has 0 aromatic heterocycles. The van der Waals surface area contributed by atoms with Gasteiger partial charge >= 0.3 is 0 Å². The van der Waals surface area contributed by atoms with E-state index < -0.39 is 0 Å². The standard InChI is InChI=1S/C14H19NOS/c1-14(9-16-10-14)8-15-7-12-6-11-4-2-3-5-13(11)17-12/h2-5,12,15H,6-10H2,1H3. The summed E-state index contributed by atoms with van der Waals surface area (Å²) < 4.78 is 5.27. The van der Waals surface area contributed by atoms with Gasteiger partial charge < -0.3 is 10.1 Å². The van der Waals surface area contributed by atoms with Crippen LogP contribution in [0.25, 0.3) is 0 Å². The molecule has 1 N–H and O–H groups in total. The second-order valence-electron chi connectivity index (χ2n) is 5.49. The molecule has 0 amide bonds.